The van der Waals surface area contributed by atoms with Crippen molar-refractivity contribution in [3.63, 3.8) is 0 Å². The van der Waals surface area contributed by atoms with Crippen LogP contribution in [-0.2, 0) is 10.0 Å². The number of allylic oxidation sites excluding steroid dienone is 1. The third kappa shape index (κ3) is 4.20. The van der Waals surface area contributed by atoms with Crippen LogP contribution in [0.3, 0.4) is 0 Å². The topological polar surface area (TPSA) is 62.7 Å². The van der Waals surface area contributed by atoms with Gasteiger partial charge < -0.3 is 9.64 Å². The number of pyridine rings is 1. The number of aromatic nitrogens is 1. The number of methoxy groups -OCH3 is 1. The average molecular weight is 325 g/mol. The zero-order chi connectivity index (χ0) is 16.0. The molecular formula is C15H23N3O3S. The number of hydrogen-bond donors (Lipinski definition) is 0. The molecule has 1 aliphatic heterocycles. The first-order valence-corrected chi connectivity index (χ1v) is 9.00. The van der Waals surface area contributed by atoms with Gasteiger partial charge in [-0.05, 0) is 12.8 Å². The maximum Gasteiger partial charge on any atom is 0.214 e. The van der Waals surface area contributed by atoms with E-state index in [1.54, 1.807) is 29.9 Å². The van der Waals surface area contributed by atoms with Crippen LogP contribution >= 0.6 is 0 Å². The van der Waals surface area contributed by atoms with Crippen molar-refractivity contribution in [3.05, 3.63) is 31.1 Å². The van der Waals surface area contributed by atoms with E-state index in [1.807, 2.05) is 6.07 Å². The Morgan fingerprint density at radius 1 is 1.32 bits per heavy atom. The maximum atomic E-state index is 12.2. The van der Waals surface area contributed by atoms with Crippen LogP contribution in [0.5, 0.6) is 5.75 Å². The molecule has 0 amide bonds. The van der Waals surface area contributed by atoms with Gasteiger partial charge in [0.15, 0.2) is 0 Å². The second-order valence-corrected chi connectivity index (χ2v) is 7.30. The lowest BCUT2D eigenvalue weighted by molar-refractivity contribution is 0.383. The van der Waals surface area contributed by atoms with E-state index < -0.39 is 10.0 Å². The molecule has 0 N–H and O–H groups in total. The molecule has 0 unspecified atom stereocenters. The number of nitrogens with zero attached hydrogens (tertiary/aromatic N) is 3. The largest absolute Gasteiger partial charge is 0.495 e. The van der Waals surface area contributed by atoms with Crippen LogP contribution in [-0.4, -0.2) is 56.7 Å². The van der Waals surface area contributed by atoms with Crippen LogP contribution in [0.25, 0.3) is 0 Å². The van der Waals surface area contributed by atoms with Crippen molar-refractivity contribution in [1.82, 2.24) is 9.29 Å². The Kier molecular flexibility index (Phi) is 5.79. The number of unbranched alkanes of at least 4 members (excludes halogenated alkanes) is 1. The van der Waals surface area contributed by atoms with Crippen molar-refractivity contribution >= 4 is 15.7 Å². The molecule has 2 heterocycles. The highest BCUT2D eigenvalue weighted by molar-refractivity contribution is 7.89. The smallest absolute Gasteiger partial charge is 0.214 e. The Morgan fingerprint density at radius 3 is 2.68 bits per heavy atom. The predicted molar refractivity (Wildman–Crippen MR) is 87.8 cm³/mol. The summed E-state index contributed by atoms with van der Waals surface area (Å²) in [6.45, 7) is 5.96. The molecule has 0 aromatic carbocycles. The SMILES string of the molecule is C=CCCCS(=O)(=O)N1CCN(c2cncc(OC)c2)CC1. The number of rotatable bonds is 7. The molecule has 1 saturated heterocycles. The lowest BCUT2D eigenvalue weighted by Crippen LogP contribution is -2.49. The normalized spacial score (nSPS) is 16.5. The monoisotopic (exact) mass is 325 g/mol. The van der Waals surface area contributed by atoms with Crippen molar-refractivity contribution < 1.29 is 13.2 Å². The first-order chi connectivity index (χ1) is 10.6. The van der Waals surface area contributed by atoms with Gasteiger partial charge in [0.2, 0.25) is 10.0 Å². The van der Waals surface area contributed by atoms with Gasteiger partial charge in [-0.15, -0.1) is 6.58 Å². The molecule has 6 nitrogen and oxygen atoms in total. The van der Waals surface area contributed by atoms with E-state index in [9.17, 15) is 8.42 Å². The van der Waals surface area contributed by atoms with Gasteiger partial charge in [0.05, 0.1) is 30.9 Å². The molecule has 0 radical (unpaired) electrons. The molecular weight excluding hydrogens is 302 g/mol. The van der Waals surface area contributed by atoms with E-state index in [2.05, 4.69) is 16.5 Å². The van der Waals surface area contributed by atoms with Gasteiger partial charge in [-0.3, -0.25) is 4.98 Å². The highest BCUT2D eigenvalue weighted by atomic mass is 32.2. The highest BCUT2D eigenvalue weighted by Crippen LogP contribution is 2.21. The molecule has 22 heavy (non-hydrogen) atoms. The highest BCUT2D eigenvalue weighted by Gasteiger charge is 2.26. The van der Waals surface area contributed by atoms with Gasteiger partial charge in [-0.2, -0.15) is 4.31 Å². The zero-order valence-electron chi connectivity index (χ0n) is 12.9. The number of hydrogen-bond acceptors (Lipinski definition) is 5. The number of sulfonamides is 1. The number of piperazine rings is 1. The minimum Gasteiger partial charge on any atom is -0.495 e. The molecule has 1 fully saturated rings. The summed E-state index contributed by atoms with van der Waals surface area (Å²) in [6, 6.07) is 1.92. The van der Waals surface area contributed by atoms with Crippen LogP contribution in [0.15, 0.2) is 31.1 Å². The summed E-state index contributed by atoms with van der Waals surface area (Å²) < 4.78 is 31.2. The summed E-state index contributed by atoms with van der Waals surface area (Å²) in [7, 11) is -1.55. The summed E-state index contributed by atoms with van der Waals surface area (Å²) in [4.78, 5) is 6.27. The van der Waals surface area contributed by atoms with E-state index in [1.165, 1.54) is 0 Å². The molecule has 2 rings (SSSR count). The van der Waals surface area contributed by atoms with E-state index in [4.69, 9.17) is 4.74 Å². The molecule has 1 aliphatic rings. The second kappa shape index (κ2) is 7.60. The minimum absolute atomic E-state index is 0.194. The summed E-state index contributed by atoms with van der Waals surface area (Å²) in [5.74, 6) is 0.900. The Labute approximate surface area is 132 Å². The Balaban J connectivity index is 1.93. The van der Waals surface area contributed by atoms with Gasteiger partial charge in [-0.1, -0.05) is 6.08 Å². The molecule has 0 spiro atoms. The zero-order valence-corrected chi connectivity index (χ0v) is 13.8. The number of anilines is 1. The first-order valence-electron chi connectivity index (χ1n) is 7.39. The first kappa shape index (κ1) is 16.8. The summed E-state index contributed by atoms with van der Waals surface area (Å²) in [5.41, 5.74) is 0.961. The fraction of sp³-hybridized carbons (Fsp3) is 0.533. The Morgan fingerprint density at radius 2 is 2.05 bits per heavy atom. The molecule has 0 aliphatic carbocycles. The van der Waals surface area contributed by atoms with E-state index in [0.717, 1.165) is 12.1 Å². The van der Waals surface area contributed by atoms with E-state index >= 15 is 0 Å². The fourth-order valence-electron chi connectivity index (χ4n) is 2.46. The van der Waals surface area contributed by atoms with E-state index in [-0.39, 0.29) is 5.75 Å². The van der Waals surface area contributed by atoms with Gasteiger partial charge in [0, 0.05) is 32.2 Å². The average Bonchev–Trinajstić information content (AvgIpc) is 2.55. The van der Waals surface area contributed by atoms with Gasteiger partial charge in [-0.25, -0.2) is 8.42 Å². The molecule has 0 bridgehead atoms. The predicted octanol–water partition coefficient (Wildman–Crippen LogP) is 1.51. The second-order valence-electron chi connectivity index (χ2n) is 5.22. The molecule has 0 saturated carbocycles. The van der Waals surface area contributed by atoms with Gasteiger partial charge in [0.1, 0.15) is 5.75 Å². The van der Waals surface area contributed by atoms with Crippen molar-refractivity contribution in [2.75, 3.05) is 43.9 Å². The summed E-state index contributed by atoms with van der Waals surface area (Å²) >= 11 is 0. The summed E-state index contributed by atoms with van der Waals surface area (Å²) in [6.07, 6.45) is 6.55. The lowest BCUT2D eigenvalue weighted by Gasteiger charge is -2.35. The molecule has 122 valence electrons. The molecule has 1 aromatic heterocycles. The van der Waals surface area contributed by atoms with Crippen molar-refractivity contribution in [1.29, 1.82) is 0 Å². The molecule has 1 aromatic rings. The van der Waals surface area contributed by atoms with Gasteiger partial charge >= 0.3 is 0 Å². The molecule has 0 atom stereocenters. The third-order valence-corrected chi connectivity index (χ3v) is 5.70. The van der Waals surface area contributed by atoms with Crippen LogP contribution in [0.2, 0.25) is 0 Å². The van der Waals surface area contributed by atoms with Crippen LogP contribution in [0.1, 0.15) is 12.8 Å². The maximum absolute atomic E-state index is 12.2. The van der Waals surface area contributed by atoms with E-state index in [0.29, 0.717) is 38.3 Å². The van der Waals surface area contributed by atoms with Crippen LogP contribution < -0.4 is 9.64 Å². The van der Waals surface area contributed by atoms with Crippen molar-refractivity contribution in [3.8, 4) is 5.75 Å². The number of ether oxygens (including phenoxy) is 1. The quantitative estimate of drug-likeness (QED) is 0.562. The Bertz CT molecular complexity index is 596. The van der Waals surface area contributed by atoms with Crippen LogP contribution in [0, 0.1) is 0 Å². The van der Waals surface area contributed by atoms with Crippen molar-refractivity contribution in [2.24, 2.45) is 0 Å². The minimum atomic E-state index is -3.16. The Hall–Kier alpha value is -1.60. The van der Waals surface area contributed by atoms with Crippen molar-refractivity contribution in [2.45, 2.75) is 12.8 Å². The third-order valence-electron chi connectivity index (χ3n) is 3.74. The van der Waals surface area contributed by atoms with Crippen LogP contribution in [0.4, 0.5) is 5.69 Å². The van der Waals surface area contributed by atoms with Gasteiger partial charge in [0.25, 0.3) is 0 Å². The standard InChI is InChI=1S/C15H23N3O3S/c1-3-4-5-10-22(19,20)18-8-6-17(7-9-18)14-11-15(21-2)13-16-12-14/h3,11-13H,1,4-10H2,2H3. The summed E-state index contributed by atoms with van der Waals surface area (Å²) in [5, 5.41) is 0. The fourth-order valence-corrected chi connectivity index (χ4v) is 3.96. The molecule has 7 heteroatoms. The lowest BCUT2D eigenvalue weighted by atomic mass is 10.3.